The van der Waals surface area contributed by atoms with Crippen LogP contribution in [0.2, 0.25) is 5.02 Å². The molecule has 3 aromatic carbocycles. The summed E-state index contributed by atoms with van der Waals surface area (Å²) in [7, 11) is -3.64. The standard InChI is InChI=1S/C26H25ClN2O2S/c27-22-10-15-25-21(16-22)17-26(28-25)20-6-11-23(12-7-20)29-32(30,31)24-13-8-19(9-14-24)18-4-2-1-3-5-18/h6-18,28-29H,1-5H2. The van der Waals surface area contributed by atoms with Gasteiger partial charge in [-0.2, -0.15) is 0 Å². The minimum Gasteiger partial charge on any atom is -0.355 e. The minimum absolute atomic E-state index is 0.286. The Labute approximate surface area is 193 Å². The van der Waals surface area contributed by atoms with E-state index in [1.165, 1.54) is 37.7 Å². The summed E-state index contributed by atoms with van der Waals surface area (Å²) in [6, 6.07) is 22.5. The van der Waals surface area contributed by atoms with Gasteiger partial charge in [-0.1, -0.05) is 55.1 Å². The Morgan fingerprint density at radius 1 is 0.844 bits per heavy atom. The van der Waals surface area contributed by atoms with E-state index in [0.29, 0.717) is 16.6 Å². The molecule has 164 valence electrons. The van der Waals surface area contributed by atoms with Crippen LogP contribution in [-0.4, -0.2) is 13.4 Å². The normalized spacial score (nSPS) is 15.2. The molecule has 1 aliphatic carbocycles. The van der Waals surface area contributed by atoms with Crippen molar-refractivity contribution in [2.75, 3.05) is 4.72 Å². The molecule has 32 heavy (non-hydrogen) atoms. The van der Waals surface area contributed by atoms with Crippen LogP contribution in [0.1, 0.15) is 43.6 Å². The fraction of sp³-hybridized carbons (Fsp3) is 0.231. The maximum absolute atomic E-state index is 12.9. The van der Waals surface area contributed by atoms with Crippen molar-refractivity contribution in [3.05, 3.63) is 83.4 Å². The second-order valence-electron chi connectivity index (χ2n) is 8.50. The average molecular weight is 465 g/mol. The van der Waals surface area contributed by atoms with Gasteiger partial charge in [0.2, 0.25) is 0 Å². The Hall–Kier alpha value is -2.76. The van der Waals surface area contributed by atoms with E-state index in [1.54, 1.807) is 24.3 Å². The number of aromatic nitrogens is 1. The van der Waals surface area contributed by atoms with E-state index in [2.05, 4.69) is 9.71 Å². The van der Waals surface area contributed by atoms with Gasteiger partial charge in [-0.05, 0) is 78.4 Å². The van der Waals surface area contributed by atoms with Gasteiger partial charge in [0.15, 0.2) is 0 Å². The summed E-state index contributed by atoms with van der Waals surface area (Å²) < 4.78 is 28.4. The van der Waals surface area contributed by atoms with Gasteiger partial charge in [-0.3, -0.25) is 4.72 Å². The van der Waals surface area contributed by atoms with Crippen LogP contribution < -0.4 is 4.72 Å². The first-order chi connectivity index (χ1) is 15.5. The molecule has 1 heterocycles. The van der Waals surface area contributed by atoms with Gasteiger partial charge in [-0.15, -0.1) is 0 Å². The fourth-order valence-corrected chi connectivity index (χ4v) is 5.79. The van der Waals surface area contributed by atoms with Gasteiger partial charge < -0.3 is 4.98 Å². The van der Waals surface area contributed by atoms with Crippen LogP contribution in [0, 0.1) is 0 Å². The zero-order valence-corrected chi connectivity index (χ0v) is 19.2. The van der Waals surface area contributed by atoms with Gasteiger partial charge in [0, 0.05) is 27.3 Å². The lowest BCUT2D eigenvalue weighted by Gasteiger charge is -2.22. The third-order valence-electron chi connectivity index (χ3n) is 6.30. The molecular formula is C26H25ClN2O2S. The average Bonchev–Trinajstić information content (AvgIpc) is 3.23. The highest BCUT2D eigenvalue weighted by Crippen LogP contribution is 2.33. The highest BCUT2D eigenvalue weighted by atomic mass is 35.5. The predicted molar refractivity (Wildman–Crippen MR) is 132 cm³/mol. The quantitative estimate of drug-likeness (QED) is 0.324. The summed E-state index contributed by atoms with van der Waals surface area (Å²) in [5.74, 6) is 0.557. The van der Waals surface area contributed by atoms with E-state index in [9.17, 15) is 8.42 Å². The molecule has 0 spiro atoms. The Bertz CT molecular complexity index is 1340. The van der Waals surface area contributed by atoms with Crippen LogP contribution in [-0.2, 0) is 10.0 Å². The van der Waals surface area contributed by atoms with Crippen molar-refractivity contribution in [2.45, 2.75) is 42.9 Å². The highest BCUT2D eigenvalue weighted by Gasteiger charge is 2.18. The van der Waals surface area contributed by atoms with Crippen LogP contribution in [0.15, 0.2) is 77.7 Å². The Kier molecular flexibility index (Phi) is 5.70. The van der Waals surface area contributed by atoms with Crippen molar-refractivity contribution < 1.29 is 8.42 Å². The topological polar surface area (TPSA) is 62.0 Å². The lowest BCUT2D eigenvalue weighted by molar-refractivity contribution is 0.443. The largest absolute Gasteiger partial charge is 0.355 e. The molecule has 0 aliphatic heterocycles. The zero-order chi connectivity index (χ0) is 22.1. The summed E-state index contributed by atoms with van der Waals surface area (Å²) in [5, 5.41) is 1.73. The molecule has 0 atom stereocenters. The summed E-state index contributed by atoms with van der Waals surface area (Å²) in [6.07, 6.45) is 6.21. The van der Waals surface area contributed by atoms with E-state index in [4.69, 9.17) is 11.6 Å². The molecule has 4 aromatic rings. The number of H-pyrrole nitrogens is 1. The zero-order valence-electron chi connectivity index (χ0n) is 17.6. The van der Waals surface area contributed by atoms with Crippen LogP contribution in [0.5, 0.6) is 0 Å². The lowest BCUT2D eigenvalue weighted by Crippen LogP contribution is -2.13. The lowest BCUT2D eigenvalue weighted by atomic mass is 9.84. The van der Waals surface area contributed by atoms with Crippen molar-refractivity contribution in [1.29, 1.82) is 0 Å². The Morgan fingerprint density at radius 2 is 1.56 bits per heavy atom. The number of rotatable bonds is 5. The molecule has 6 heteroatoms. The van der Waals surface area contributed by atoms with Gasteiger partial charge >= 0.3 is 0 Å². The first kappa shape index (κ1) is 21.1. The molecule has 1 fully saturated rings. The number of hydrogen-bond acceptors (Lipinski definition) is 2. The third kappa shape index (κ3) is 4.41. The van der Waals surface area contributed by atoms with E-state index in [1.807, 2.05) is 48.5 Å². The molecule has 1 saturated carbocycles. The Morgan fingerprint density at radius 3 is 2.28 bits per heavy atom. The second-order valence-corrected chi connectivity index (χ2v) is 10.6. The SMILES string of the molecule is O=S(=O)(Nc1ccc(-c2cc3cc(Cl)ccc3[nH]2)cc1)c1ccc(C2CCCCC2)cc1. The molecule has 4 nitrogen and oxygen atoms in total. The molecule has 0 unspecified atom stereocenters. The molecule has 2 N–H and O–H groups in total. The minimum atomic E-state index is -3.64. The fourth-order valence-electron chi connectivity index (χ4n) is 4.55. The monoisotopic (exact) mass is 464 g/mol. The van der Waals surface area contributed by atoms with E-state index in [0.717, 1.165) is 22.2 Å². The molecule has 0 amide bonds. The van der Waals surface area contributed by atoms with Gasteiger partial charge in [0.05, 0.1) is 4.90 Å². The van der Waals surface area contributed by atoms with Crippen LogP contribution in [0.3, 0.4) is 0 Å². The Balaban J connectivity index is 1.31. The summed E-state index contributed by atoms with van der Waals surface area (Å²) in [5.41, 5.74) is 4.70. The molecule has 5 rings (SSSR count). The molecule has 0 radical (unpaired) electrons. The molecule has 0 bridgehead atoms. The summed E-state index contributed by atoms with van der Waals surface area (Å²) in [6.45, 7) is 0. The molecule has 1 aromatic heterocycles. The number of aromatic amines is 1. The first-order valence-corrected chi connectivity index (χ1v) is 12.9. The molecule has 1 aliphatic rings. The maximum Gasteiger partial charge on any atom is 0.261 e. The number of halogens is 1. The maximum atomic E-state index is 12.9. The third-order valence-corrected chi connectivity index (χ3v) is 7.93. The predicted octanol–water partition coefficient (Wildman–Crippen LogP) is 7.34. The van der Waals surface area contributed by atoms with Crippen molar-refractivity contribution >= 4 is 38.2 Å². The summed E-state index contributed by atoms with van der Waals surface area (Å²) >= 11 is 6.08. The van der Waals surface area contributed by atoms with Gasteiger partial charge in [-0.25, -0.2) is 8.42 Å². The number of hydrogen-bond donors (Lipinski definition) is 2. The number of anilines is 1. The molecular weight excluding hydrogens is 440 g/mol. The molecule has 0 saturated heterocycles. The van der Waals surface area contributed by atoms with E-state index < -0.39 is 10.0 Å². The number of sulfonamides is 1. The second kappa shape index (κ2) is 8.64. The number of benzene rings is 3. The van der Waals surface area contributed by atoms with Crippen molar-refractivity contribution in [3.8, 4) is 11.3 Å². The van der Waals surface area contributed by atoms with E-state index >= 15 is 0 Å². The van der Waals surface area contributed by atoms with Crippen molar-refractivity contribution in [1.82, 2.24) is 4.98 Å². The highest BCUT2D eigenvalue weighted by molar-refractivity contribution is 7.92. The smallest absolute Gasteiger partial charge is 0.261 e. The number of fused-ring (bicyclic) bond motifs is 1. The summed E-state index contributed by atoms with van der Waals surface area (Å²) in [4.78, 5) is 3.65. The van der Waals surface area contributed by atoms with Crippen LogP contribution >= 0.6 is 11.6 Å². The van der Waals surface area contributed by atoms with Crippen molar-refractivity contribution in [3.63, 3.8) is 0 Å². The van der Waals surface area contributed by atoms with Crippen molar-refractivity contribution in [2.24, 2.45) is 0 Å². The van der Waals surface area contributed by atoms with Crippen LogP contribution in [0.25, 0.3) is 22.2 Å². The van der Waals surface area contributed by atoms with Crippen LogP contribution in [0.4, 0.5) is 5.69 Å². The van der Waals surface area contributed by atoms with Gasteiger partial charge in [0.25, 0.3) is 10.0 Å². The first-order valence-electron chi connectivity index (χ1n) is 11.0. The van der Waals surface area contributed by atoms with E-state index in [-0.39, 0.29) is 4.90 Å². The van der Waals surface area contributed by atoms with Gasteiger partial charge in [0.1, 0.15) is 0 Å². The number of nitrogens with one attached hydrogen (secondary N) is 2.